The molecule has 1 fully saturated rings. The first-order chi connectivity index (χ1) is 14.9. The van der Waals surface area contributed by atoms with Crippen molar-refractivity contribution in [3.8, 4) is 11.1 Å². The van der Waals surface area contributed by atoms with Crippen molar-refractivity contribution >= 4 is 24.1 Å². The van der Waals surface area contributed by atoms with Gasteiger partial charge in [-0.2, -0.15) is 0 Å². The van der Waals surface area contributed by atoms with Crippen LogP contribution >= 0.6 is 0 Å². The number of rotatable bonds is 7. The van der Waals surface area contributed by atoms with E-state index in [4.69, 9.17) is 4.74 Å². The van der Waals surface area contributed by atoms with Gasteiger partial charge in [0.1, 0.15) is 6.10 Å². The van der Waals surface area contributed by atoms with E-state index in [0.717, 1.165) is 47.1 Å². The van der Waals surface area contributed by atoms with Gasteiger partial charge in [0.25, 0.3) is 0 Å². The second-order valence-corrected chi connectivity index (χ2v) is 8.54. The molecule has 1 aliphatic rings. The molecule has 0 unspecified atom stereocenters. The number of hydrogen-bond acceptors (Lipinski definition) is 4. The van der Waals surface area contributed by atoms with Crippen molar-refractivity contribution in [1.82, 2.24) is 5.32 Å². The minimum absolute atomic E-state index is 0.0819. The molecular weight excluding hydrogens is 394 g/mol. The first-order valence-corrected chi connectivity index (χ1v) is 10.6. The van der Waals surface area contributed by atoms with Crippen molar-refractivity contribution in [3.63, 3.8) is 0 Å². The Morgan fingerprint density at radius 3 is 2.48 bits per heavy atom. The Hall–Kier alpha value is -3.19. The lowest BCUT2D eigenvalue weighted by Crippen LogP contribution is -2.48. The standard InChI is InChI=1S/C24H29N3O4/c1-27(2)14-12-20(13-15-27)31-24(30)26-22-16-18(9-11-23(29)25-17-28)8-10-21(22)19-6-4-3-5-7-19/h3-8,10,16-17,20H,9,11-15H2,1-2H3,(H-,25,26,28,29,30)/p+1. The minimum atomic E-state index is -0.467. The summed E-state index contributed by atoms with van der Waals surface area (Å²) in [5, 5.41) is 5.05. The van der Waals surface area contributed by atoms with E-state index >= 15 is 0 Å². The summed E-state index contributed by atoms with van der Waals surface area (Å²) in [6, 6.07) is 15.5. The molecule has 2 aromatic carbocycles. The minimum Gasteiger partial charge on any atom is -0.446 e. The van der Waals surface area contributed by atoms with E-state index < -0.39 is 6.09 Å². The first kappa shape index (κ1) is 22.5. The summed E-state index contributed by atoms with van der Waals surface area (Å²) in [4.78, 5) is 34.7. The van der Waals surface area contributed by atoms with Crippen LogP contribution in [0.3, 0.4) is 0 Å². The number of likely N-dealkylation sites (tertiary alicyclic amines) is 1. The van der Waals surface area contributed by atoms with Crippen LogP contribution in [0.2, 0.25) is 0 Å². The van der Waals surface area contributed by atoms with Gasteiger partial charge in [-0.05, 0) is 23.6 Å². The van der Waals surface area contributed by atoms with Crippen LogP contribution in [-0.2, 0) is 20.7 Å². The topological polar surface area (TPSA) is 84.5 Å². The number of carbonyl (C=O) groups is 3. The quantitative estimate of drug-likeness (QED) is 0.527. The predicted octanol–water partition coefficient (Wildman–Crippen LogP) is 3.35. The second kappa shape index (κ2) is 10.2. The molecule has 0 aromatic heterocycles. The van der Waals surface area contributed by atoms with Crippen molar-refractivity contribution in [1.29, 1.82) is 0 Å². The zero-order chi connectivity index (χ0) is 22.3. The fourth-order valence-electron chi connectivity index (χ4n) is 3.77. The van der Waals surface area contributed by atoms with Gasteiger partial charge in [-0.3, -0.25) is 20.2 Å². The Morgan fingerprint density at radius 1 is 1.10 bits per heavy atom. The van der Waals surface area contributed by atoms with Crippen LogP contribution in [0.25, 0.3) is 11.1 Å². The molecule has 3 amide bonds. The number of nitrogens with one attached hydrogen (secondary N) is 2. The van der Waals surface area contributed by atoms with E-state index in [-0.39, 0.29) is 18.4 Å². The van der Waals surface area contributed by atoms with Crippen LogP contribution in [0.1, 0.15) is 24.8 Å². The number of nitrogens with zero attached hydrogens (tertiary/aromatic N) is 1. The van der Waals surface area contributed by atoms with Gasteiger partial charge >= 0.3 is 6.09 Å². The summed E-state index contributed by atoms with van der Waals surface area (Å²) in [6.45, 7) is 1.96. The highest BCUT2D eigenvalue weighted by Gasteiger charge is 2.28. The van der Waals surface area contributed by atoms with Gasteiger partial charge in [-0.25, -0.2) is 4.79 Å². The van der Waals surface area contributed by atoms with E-state index in [1.165, 1.54) is 0 Å². The maximum absolute atomic E-state index is 12.6. The number of ether oxygens (including phenoxy) is 1. The molecule has 1 aliphatic heterocycles. The van der Waals surface area contributed by atoms with Gasteiger partial charge in [0, 0.05) is 24.8 Å². The number of aryl methyl sites for hydroxylation is 1. The third-order valence-corrected chi connectivity index (χ3v) is 5.65. The largest absolute Gasteiger partial charge is 0.446 e. The molecule has 0 atom stereocenters. The summed E-state index contributed by atoms with van der Waals surface area (Å²) in [6.07, 6.45) is 2.16. The molecule has 1 saturated heterocycles. The number of benzene rings is 2. The van der Waals surface area contributed by atoms with Gasteiger partial charge in [0.2, 0.25) is 12.3 Å². The lowest BCUT2D eigenvalue weighted by Gasteiger charge is -2.36. The average molecular weight is 425 g/mol. The number of anilines is 1. The predicted molar refractivity (Wildman–Crippen MR) is 119 cm³/mol. The fraction of sp³-hybridized carbons (Fsp3) is 0.375. The van der Waals surface area contributed by atoms with E-state index in [2.05, 4.69) is 24.7 Å². The lowest BCUT2D eigenvalue weighted by molar-refractivity contribution is -0.896. The zero-order valence-corrected chi connectivity index (χ0v) is 18.1. The number of quaternary nitrogens is 1. The molecule has 1 heterocycles. The molecule has 164 valence electrons. The lowest BCUT2D eigenvalue weighted by atomic mass is 9.99. The average Bonchev–Trinajstić information content (AvgIpc) is 2.75. The summed E-state index contributed by atoms with van der Waals surface area (Å²) in [5.41, 5.74) is 3.36. The summed E-state index contributed by atoms with van der Waals surface area (Å²) >= 11 is 0. The maximum Gasteiger partial charge on any atom is 0.411 e. The van der Waals surface area contributed by atoms with Crippen LogP contribution in [0.4, 0.5) is 10.5 Å². The van der Waals surface area contributed by atoms with E-state index in [1.807, 2.05) is 48.5 Å². The summed E-state index contributed by atoms with van der Waals surface area (Å²) in [5.74, 6) is -0.338. The van der Waals surface area contributed by atoms with Crippen molar-refractivity contribution in [2.75, 3.05) is 32.5 Å². The van der Waals surface area contributed by atoms with Crippen molar-refractivity contribution in [3.05, 3.63) is 54.1 Å². The Labute approximate surface area is 183 Å². The molecule has 7 nitrogen and oxygen atoms in total. The van der Waals surface area contributed by atoms with Crippen molar-refractivity contribution < 1.29 is 23.6 Å². The van der Waals surface area contributed by atoms with Crippen molar-refractivity contribution in [2.24, 2.45) is 0 Å². The number of imide groups is 1. The number of piperidine rings is 1. The smallest absolute Gasteiger partial charge is 0.411 e. The van der Waals surface area contributed by atoms with Crippen LogP contribution < -0.4 is 10.6 Å². The highest BCUT2D eigenvalue weighted by molar-refractivity contribution is 5.92. The molecule has 31 heavy (non-hydrogen) atoms. The molecular formula is C24H30N3O4+. The second-order valence-electron chi connectivity index (χ2n) is 8.54. The molecule has 0 aliphatic carbocycles. The fourth-order valence-corrected chi connectivity index (χ4v) is 3.77. The van der Waals surface area contributed by atoms with Crippen LogP contribution in [-0.4, -0.2) is 56.2 Å². The van der Waals surface area contributed by atoms with Crippen molar-refractivity contribution in [2.45, 2.75) is 31.8 Å². The molecule has 2 N–H and O–H groups in total. The first-order valence-electron chi connectivity index (χ1n) is 10.6. The Bertz CT molecular complexity index is 918. The SMILES string of the molecule is C[N+]1(C)CCC(OC(=O)Nc2cc(CCC(=O)NC=O)ccc2-c2ccccc2)CC1. The third kappa shape index (κ3) is 6.65. The van der Waals surface area contributed by atoms with E-state index in [9.17, 15) is 14.4 Å². The highest BCUT2D eigenvalue weighted by atomic mass is 16.6. The van der Waals surface area contributed by atoms with Crippen LogP contribution in [0.5, 0.6) is 0 Å². The number of amides is 3. The van der Waals surface area contributed by atoms with Crippen LogP contribution in [0.15, 0.2) is 48.5 Å². The Balaban J connectivity index is 1.73. The van der Waals surface area contributed by atoms with E-state index in [0.29, 0.717) is 18.5 Å². The number of carbonyl (C=O) groups excluding carboxylic acids is 3. The van der Waals surface area contributed by atoms with Gasteiger partial charge in [-0.15, -0.1) is 0 Å². The Morgan fingerprint density at radius 2 is 1.81 bits per heavy atom. The van der Waals surface area contributed by atoms with Gasteiger partial charge in [0.15, 0.2) is 0 Å². The zero-order valence-electron chi connectivity index (χ0n) is 18.1. The highest BCUT2D eigenvalue weighted by Crippen LogP contribution is 2.30. The molecule has 0 bridgehead atoms. The molecule has 0 spiro atoms. The molecule has 3 rings (SSSR count). The Kier molecular flexibility index (Phi) is 7.41. The summed E-state index contributed by atoms with van der Waals surface area (Å²) < 4.78 is 6.63. The monoisotopic (exact) mass is 424 g/mol. The van der Waals surface area contributed by atoms with Gasteiger partial charge in [-0.1, -0.05) is 42.5 Å². The maximum atomic E-state index is 12.6. The van der Waals surface area contributed by atoms with Gasteiger partial charge < -0.3 is 9.22 Å². The molecule has 0 radical (unpaired) electrons. The van der Waals surface area contributed by atoms with Crippen LogP contribution in [0, 0.1) is 0 Å². The molecule has 2 aromatic rings. The number of hydrogen-bond donors (Lipinski definition) is 2. The third-order valence-electron chi connectivity index (χ3n) is 5.65. The molecule has 0 saturated carbocycles. The summed E-state index contributed by atoms with van der Waals surface area (Å²) in [7, 11) is 4.37. The van der Waals surface area contributed by atoms with Gasteiger partial charge in [0.05, 0.1) is 32.9 Å². The normalized spacial score (nSPS) is 15.7. The molecule has 7 heteroatoms. The van der Waals surface area contributed by atoms with E-state index in [1.54, 1.807) is 0 Å².